The van der Waals surface area contributed by atoms with Crippen LogP contribution in [0.4, 0.5) is 10.5 Å². The van der Waals surface area contributed by atoms with E-state index in [1.807, 2.05) is 23.2 Å². The van der Waals surface area contributed by atoms with Crippen LogP contribution >= 0.6 is 37.2 Å². The van der Waals surface area contributed by atoms with Gasteiger partial charge in [0.25, 0.3) is 0 Å². The Labute approximate surface area is 207 Å². The molecule has 178 valence electrons. The van der Waals surface area contributed by atoms with Gasteiger partial charge < -0.3 is 15.1 Å². The van der Waals surface area contributed by atoms with Crippen LogP contribution in [0.15, 0.2) is 42.6 Å². The number of amides is 3. The number of hydrogen-bond donors (Lipinski definition) is 3. The zero-order valence-electron chi connectivity index (χ0n) is 18.0. The van der Waals surface area contributed by atoms with Crippen LogP contribution in [0.2, 0.25) is 0 Å². The number of piperazine rings is 1. The van der Waals surface area contributed by atoms with Gasteiger partial charge in [-0.25, -0.2) is 10.6 Å². The first-order chi connectivity index (χ1) is 14.0. The molecule has 2 aromatic rings. The Balaban J connectivity index is 0.00000320. The third-order valence-corrected chi connectivity index (χ3v) is 5.14. The number of aryl methyl sites for hydroxylation is 2. The molecule has 1 aromatic heterocycles. The van der Waals surface area contributed by atoms with E-state index >= 15 is 0 Å². The van der Waals surface area contributed by atoms with Crippen molar-refractivity contribution in [3.8, 4) is 0 Å². The van der Waals surface area contributed by atoms with Crippen molar-refractivity contribution in [1.29, 1.82) is 0 Å². The van der Waals surface area contributed by atoms with Crippen molar-refractivity contribution in [2.75, 3.05) is 31.1 Å². The number of carbonyl (C=O) groups excluding carboxylic acids is 2. The Morgan fingerprint density at radius 1 is 1.00 bits per heavy atom. The van der Waals surface area contributed by atoms with Gasteiger partial charge in [0.2, 0.25) is 5.91 Å². The van der Waals surface area contributed by atoms with Crippen molar-refractivity contribution in [2.45, 2.75) is 26.3 Å². The maximum Gasteiger partial charge on any atom is 0.329 e. The van der Waals surface area contributed by atoms with Crippen LogP contribution in [0.25, 0.3) is 0 Å². The minimum absolute atomic E-state index is 0. The number of anilines is 1. The number of nitrogens with two attached hydrogens (primary N) is 1. The molecule has 1 aliphatic heterocycles. The summed E-state index contributed by atoms with van der Waals surface area (Å²) in [5, 5.41) is 2.68. The second-order valence-corrected chi connectivity index (χ2v) is 7.15. The molecule has 8 nitrogen and oxygen atoms in total. The number of nitrogens with one attached hydrogen (secondary N) is 2. The number of pyridine rings is 1. The smallest absolute Gasteiger partial charge is 0.329 e. The van der Waals surface area contributed by atoms with E-state index in [2.05, 4.69) is 44.9 Å². The lowest BCUT2D eigenvalue weighted by atomic mass is 10.0. The summed E-state index contributed by atoms with van der Waals surface area (Å²) < 4.78 is 0. The van der Waals surface area contributed by atoms with Crippen molar-refractivity contribution in [3.63, 3.8) is 0 Å². The quantitative estimate of drug-likeness (QED) is 0.318. The normalized spacial score (nSPS) is 12.6. The van der Waals surface area contributed by atoms with Crippen LogP contribution in [0.1, 0.15) is 23.7 Å². The molecule has 1 saturated heterocycles. The lowest BCUT2D eigenvalue weighted by molar-refractivity contribution is -0.129. The van der Waals surface area contributed by atoms with E-state index in [0.717, 1.165) is 56.0 Å². The Hall–Kier alpha value is -2.26. The van der Waals surface area contributed by atoms with Crippen LogP contribution in [0.3, 0.4) is 0 Å². The fourth-order valence-corrected chi connectivity index (χ4v) is 3.43. The number of rotatable bonds is 6. The topological polar surface area (TPSA) is 104 Å². The van der Waals surface area contributed by atoms with Crippen LogP contribution in [0, 0.1) is 0 Å². The van der Waals surface area contributed by atoms with Crippen molar-refractivity contribution < 1.29 is 9.59 Å². The van der Waals surface area contributed by atoms with Gasteiger partial charge in [0, 0.05) is 45.3 Å². The molecule has 0 bridgehead atoms. The standard InChI is InChI=1S/C21H28N6O2.3ClH/c1-16(28)26-9-11-27(12-10-26)20-8-7-19(23-15-20)6-5-17-3-2-4-18(13-17)14-24-21(29)25-22;;;/h2-4,7-8,13,15H,5-6,9-12,14,22H2,1H3,(H2,24,25,29);3*1H. The van der Waals surface area contributed by atoms with Crippen molar-refractivity contribution in [3.05, 3.63) is 59.4 Å². The summed E-state index contributed by atoms with van der Waals surface area (Å²) in [5.41, 5.74) is 6.42. The Kier molecular flexibility index (Phi) is 13.7. The zero-order chi connectivity index (χ0) is 20.6. The molecule has 0 spiro atoms. The van der Waals surface area contributed by atoms with E-state index in [-0.39, 0.29) is 43.1 Å². The molecule has 0 atom stereocenters. The number of nitrogens with zero attached hydrogens (tertiary/aromatic N) is 3. The first-order valence-corrected chi connectivity index (χ1v) is 9.83. The van der Waals surface area contributed by atoms with Gasteiger partial charge in [-0.2, -0.15) is 0 Å². The van der Waals surface area contributed by atoms with Gasteiger partial charge in [0.05, 0.1) is 11.9 Å². The Morgan fingerprint density at radius 3 is 2.28 bits per heavy atom. The molecule has 3 amide bonds. The molecule has 0 radical (unpaired) electrons. The van der Waals surface area contributed by atoms with E-state index < -0.39 is 6.03 Å². The average Bonchev–Trinajstić information content (AvgIpc) is 2.76. The van der Waals surface area contributed by atoms with E-state index in [1.165, 1.54) is 5.56 Å². The highest BCUT2D eigenvalue weighted by molar-refractivity contribution is 5.86. The number of hydrogen-bond acceptors (Lipinski definition) is 5. The summed E-state index contributed by atoms with van der Waals surface area (Å²) in [7, 11) is 0. The highest BCUT2D eigenvalue weighted by atomic mass is 35.5. The maximum absolute atomic E-state index is 11.4. The van der Waals surface area contributed by atoms with Crippen LogP contribution in [-0.4, -0.2) is 48.0 Å². The number of urea groups is 1. The summed E-state index contributed by atoms with van der Waals surface area (Å²) in [6, 6.07) is 11.9. The number of benzene rings is 1. The third-order valence-electron chi connectivity index (χ3n) is 5.14. The van der Waals surface area contributed by atoms with Gasteiger partial charge in [-0.05, 0) is 36.1 Å². The lowest BCUT2D eigenvalue weighted by Gasteiger charge is -2.35. The zero-order valence-corrected chi connectivity index (χ0v) is 20.4. The van der Waals surface area contributed by atoms with Gasteiger partial charge in [0.1, 0.15) is 0 Å². The van der Waals surface area contributed by atoms with Crippen molar-refractivity contribution >= 4 is 54.8 Å². The van der Waals surface area contributed by atoms with Crippen LogP contribution in [0.5, 0.6) is 0 Å². The molecule has 1 fully saturated rings. The number of hydrazine groups is 1. The summed E-state index contributed by atoms with van der Waals surface area (Å²) >= 11 is 0. The molecule has 11 heteroatoms. The molecular weight excluding hydrogens is 475 g/mol. The first-order valence-electron chi connectivity index (χ1n) is 9.83. The van der Waals surface area contributed by atoms with E-state index in [9.17, 15) is 9.59 Å². The van der Waals surface area contributed by atoms with Gasteiger partial charge in [-0.3, -0.25) is 15.2 Å². The Bertz CT molecular complexity index is 846. The van der Waals surface area contributed by atoms with Gasteiger partial charge in [0.15, 0.2) is 0 Å². The monoisotopic (exact) mass is 504 g/mol. The molecule has 1 aromatic carbocycles. The van der Waals surface area contributed by atoms with Crippen molar-refractivity contribution in [2.24, 2.45) is 5.84 Å². The van der Waals surface area contributed by atoms with Crippen LogP contribution in [-0.2, 0) is 24.2 Å². The van der Waals surface area contributed by atoms with Crippen LogP contribution < -0.4 is 21.5 Å². The van der Waals surface area contributed by atoms with E-state index in [1.54, 1.807) is 6.92 Å². The number of carbonyl (C=O) groups is 2. The first kappa shape index (κ1) is 29.7. The Morgan fingerprint density at radius 2 is 1.69 bits per heavy atom. The summed E-state index contributed by atoms with van der Waals surface area (Å²) in [6.45, 7) is 5.24. The summed E-state index contributed by atoms with van der Waals surface area (Å²) in [6.07, 6.45) is 3.64. The van der Waals surface area contributed by atoms with Gasteiger partial charge in [-0.15, -0.1) is 37.2 Å². The highest BCUT2D eigenvalue weighted by Crippen LogP contribution is 2.17. The van der Waals surface area contributed by atoms with Gasteiger partial charge in [-0.1, -0.05) is 24.3 Å². The maximum atomic E-state index is 11.4. The average molecular weight is 506 g/mol. The van der Waals surface area contributed by atoms with E-state index in [0.29, 0.717) is 6.54 Å². The summed E-state index contributed by atoms with van der Waals surface area (Å²) in [4.78, 5) is 31.4. The minimum atomic E-state index is -0.401. The third kappa shape index (κ3) is 8.70. The molecule has 2 heterocycles. The second kappa shape index (κ2) is 14.7. The predicted molar refractivity (Wildman–Crippen MR) is 134 cm³/mol. The molecule has 1 aliphatic rings. The number of aromatic nitrogens is 1. The number of halogens is 3. The molecule has 0 unspecified atom stereocenters. The molecule has 4 N–H and O–H groups in total. The second-order valence-electron chi connectivity index (χ2n) is 7.15. The van der Waals surface area contributed by atoms with E-state index in [4.69, 9.17) is 5.84 Å². The molecule has 3 rings (SSSR count). The summed E-state index contributed by atoms with van der Waals surface area (Å²) in [5.74, 6) is 5.21. The SMILES string of the molecule is CC(=O)N1CCN(c2ccc(CCc3cccc(CNC(=O)NN)c3)nc2)CC1.Cl.Cl.Cl. The van der Waals surface area contributed by atoms with Crippen molar-refractivity contribution in [1.82, 2.24) is 20.6 Å². The minimum Gasteiger partial charge on any atom is -0.367 e. The molecule has 32 heavy (non-hydrogen) atoms. The molecule has 0 saturated carbocycles. The molecular formula is C21H31Cl3N6O2. The van der Waals surface area contributed by atoms with Gasteiger partial charge >= 0.3 is 6.03 Å². The molecule has 0 aliphatic carbocycles. The fourth-order valence-electron chi connectivity index (χ4n) is 3.43. The predicted octanol–water partition coefficient (Wildman–Crippen LogP) is 2.47. The largest absolute Gasteiger partial charge is 0.367 e. The lowest BCUT2D eigenvalue weighted by Crippen LogP contribution is -2.48. The highest BCUT2D eigenvalue weighted by Gasteiger charge is 2.18. The fraction of sp³-hybridized carbons (Fsp3) is 0.381.